The molecule has 0 aliphatic rings. The topological polar surface area (TPSA) is 56.5 Å². The SMILES string of the molecule is CCCCCCCCC(COCCOC)NN. The molecular weight excluding hydrogens is 216 g/mol. The minimum Gasteiger partial charge on any atom is -0.382 e. The summed E-state index contributed by atoms with van der Waals surface area (Å²) in [6.45, 7) is 4.21. The summed E-state index contributed by atoms with van der Waals surface area (Å²) < 4.78 is 10.4. The lowest BCUT2D eigenvalue weighted by Crippen LogP contribution is -2.38. The van der Waals surface area contributed by atoms with E-state index in [9.17, 15) is 0 Å². The fourth-order valence-corrected chi connectivity index (χ4v) is 1.75. The average molecular weight is 246 g/mol. The Bertz CT molecular complexity index is 145. The van der Waals surface area contributed by atoms with Crippen LogP contribution in [0.25, 0.3) is 0 Å². The molecule has 0 rings (SSSR count). The molecule has 0 aromatic carbocycles. The summed E-state index contributed by atoms with van der Waals surface area (Å²) in [5.74, 6) is 5.49. The third-order valence-corrected chi connectivity index (χ3v) is 2.89. The van der Waals surface area contributed by atoms with Gasteiger partial charge in [0.25, 0.3) is 0 Å². The average Bonchev–Trinajstić information content (AvgIpc) is 2.36. The third kappa shape index (κ3) is 12.1. The molecule has 0 spiro atoms. The van der Waals surface area contributed by atoms with E-state index in [0.717, 1.165) is 6.42 Å². The fraction of sp³-hybridized carbons (Fsp3) is 1.00. The highest BCUT2D eigenvalue weighted by atomic mass is 16.5. The molecule has 0 aliphatic carbocycles. The van der Waals surface area contributed by atoms with Crippen molar-refractivity contribution in [3.05, 3.63) is 0 Å². The molecule has 0 fully saturated rings. The molecule has 17 heavy (non-hydrogen) atoms. The van der Waals surface area contributed by atoms with Gasteiger partial charge in [-0.3, -0.25) is 11.3 Å². The first-order valence-corrected chi connectivity index (χ1v) is 6.88. The Labute approximate surface area is 106 Å². The predicted molar refractivity (Wildman–Crippen MR) is 71.8 cm³/mol. The van der Waals surface area contributed by atoms with E-state index in [0.29, 0.717) is 19.8 Å². The Morgan fingerprint density at radius 3 is 2.41 bits per heavy atom. The van der Waals surface area contributed by atoms with E-state index in [1.807, 2.05) is 0 Å². The molecule has 4 nitrogen and oxygen atoms in total. The van der Waals surface area contributed by atoms with E-state index in [4.69, 9.17) is 15.3 Å². The zero-order valence-corrected chi connectivity index (χ0v) is 11.5. The van der Waals surface area contributed by atoms with Gasteiger partial charge in [0.2, 0.25) is 0 Å². The van der Waals surface area contributed by atoms with Gasteiger partial charge in [-0.25, -0.2) is 0 Å². The van der Waals surface area contributed by atoms with E-state index >= 15 is 0 Å². The van der Waals surface area contributed by atoms with Crippen LogP contribution >= 0.6 is 0 Å². The van der Waals surface area contributed by atoms with Crippen LogP contribution in [0.3, 0.4) is 0 Å². The first-order chi connectivity index (χ1) is 8.35. The number of unbranched alkanes of at least 4 members (excludes halogenated alkanes) is 5. The zero-order valence-electron chi connectivity index (χ0n) is 11.5. The molecule has 0 aromatic heterocycles. The summed E-state index contributed by atoms with van der Waals surface area (Å²) in [5.41, 5.74) is 2.82. The summed E-state index contributed by atoms with van der Waals surface area (Å²) >= 11 is 0. The molecule has 0 aromatic rings. The van der Waals surface area contributed by atoms with Crippen molar-refractivity contribution >= 4 is 0 Å². The van der Waals surface area contributed by atoms with Crippen molar-refractivity contribution in [1.29, 1.82) is 0 Å². The van der Waals surface area contributed by atoms with Crippen molar-refractivity contribution < 1.29 is 9.47 Å². The maximum atomic E-state index is 5.49. The number of nitrogens with one attached hydrogen (secondary N) is 1. The van der Waals surface area contributed by atoms with Gasteiger partial charge in [0.15, 0.2) is 0 Å². The van der Waals surface area contributed by atoms with Crippen molar-refractivity contribution in [2.75, 3.05) is 26.9 Å². The Kier molecular flexibility index (Phi) is 13.8. The van der Waals surface area contributed by atoms with Gasteiger partial charge in [0.1, 0.15) is 0 Å². The lowest BCUT2D eigenvalue weighted by Gasteiger charge is -2.15. The summed E-state index contributed by atoms with van der Waals surface area (Å²) in [6.07, 6.45) is 8.99. The van der Waals surface area contributed by atoms with Crippen LogP contribution in [0, 0.1) is 0 Å². The van der Waals surface area contributed by atoms with Crippen LogP contribution in [-0.2, 0) is 9.47 Å². The van der Waals surface area contributed by atoms with Crippen molar-refractivity contribution in [2.24, 2.45) is 5.84 Å². The second-order valence-corrected chi connectivity index (χ2v) is 4.49. The monoisotopic (exact) mass is 246 g/mol. The smallest absolute Gasteiger partial charge is 0.0701 e. The molecule has 0 amide bonds. The van der Waals surface area contributed by atoms with Gasteiger partial charge in [-0.15, -0.1) is 0 Å². The zero-order chi connectivity index (χ0) is 12.8. The number of ether oxygens (including phenoxy) is 2. The van der Waals surface area contributed by atoms with E-state index in [2.05, 4.69) is 12.3 Å². The highest BCUT2D eigenvalue weighted by molar-refractivity contribution is 4.62. The molecular formula is C13H30N2O2. The standard InChI is InChI=1S/C13H30N2O2/c1-3-4-5-6-7-8-9-13(15-14)12-17-11-10-16-2/h13,15H,3-12,14H2,1-2H3. The van der Waals surface area contributed by atoms with Crippen LogP contribution in [0.5, 0.6) is 0 Å². The van der Waals surface area contributed by atoms with Gasteiger partial charge in [-0.05, 0) is 6.42 Å². The summed E-state index contributed by atoms with van der Waals surface area (Å²) in [7, 11) is 1.68. The minimum atomic E-state index is 0.276. The van der Waals surface area contributed by atoms with Crippen molar-refractivity contribution in [3.63, 3.8) is 0 Å². The maximum Gasteiger partial charge on any atom is 0.0701 e. The third-order valence-electron chi connectivity index (χ3n) is 2.89. The van der Waals surface area contributed by atoms with Gasteiger partial charge in [0, 0.05) is 13.2 Å². The first kappa shape index (κ1) is 16.8. The Hall–Kier alpha value is -0.160. The molecule has 0 bridgehead atoms. The van der Waals surface area contributed by atoms with Crippen LogP contribution < -0.4 is 11.3 Å². The molecule has 0 saturated carbocycles. The highest BCUT2D eigenvalue weighted by Gasteiger charge is 2.05. The Morgan fingerprint density at radius 2 is 1.76 bits per heavy atom. The molecule has 1 unspecified atom stereocenters. The van der Waals surface area contributed by atoms with Crippen LogP contribution in [0.15, 0.2) is 0 Å². The van der Waals surface area contributed by atoms with Crippen LogP contribution in [0.1, 0.15) is 51.9 Å². The highest BCUT2D eigenvalue weighted by Crippen LogP contribution is 2.08. The summed E-state index contributed by atoms with van der Waals surface area (Å²) in [4.78, 5) is 0. The number of hydrazine groups is 1. The van der Waals surface area contributed by atoms with E-state index < -0.39 is 0 Å². The van der Waals surface area contributed by atoms with Crippen LogP contribution in [0.2, 0.25) is 0 Å². The van der Waals surface area contributed by atoms with E-state index in [1.165, 1.54) is 38.5 Å². The molecule has 104 valence electrons. The molecule has 0 heterocycles. The van der Waals surface area contributed by atoms with Crippen LogP contribution in [-0.4, -0.2) is 33.0 Å². The molecule has 1 atom stereocenters. The minimum absolute atomic E-state index is 0.276. The normalized spacial score (nSPS) is 12.9. The van der Waals surface area contributed by atoms with E-state index in [1.54, 1.807) is 7.11 Å². The van der Waals surface area contributed by atoms with Crippen molar-refractivity contribution in [3.8, 4) is 0 Å². The van der Waals surface area contributed by atoms with Crippen molar-refractivity contribution in [1.82, 2.24) is 5.43 Å². The number of hydrogen-bond acceptors (Lipinski definition) is 4. The fourth-order valence-electron chi connectivity index (χ4n) is 1.75. The van der Waals surface area contributed by atoms with Gasteiger partial charge in [-0.2, -0.15) is 0 Å². The van der Waals surface area contributed by atoms with Gasteiger partial charge >= 0.3 is 0 Å². The van der Waals surface area contributed by atoms with Gasteiger partial charge < -0.3 is 9.47 Å². The Balaban J connectivity index is 3.28. The predicted octanol–water partition coefficient (Wildman–Crippen LogP) is 2.23. The van der Waals surface area contributed by atoms with Crippen LogP contribution in [0.4, 0.5) is 0 Å². The second kappa shape index (κ2) is 13.9. The van der Waals surface area contributed by atoms with E-state index in [-0.39, 0.29) is 6.04 Å². The number of rotatable bonds is 13. The largest absolute Gasteiger partial charge is 0.382 e. The lowest BCUT2D eigenvalue weighted by molar-refractivity contribution is 0.0571. The second-order valence-electron chi connectivity index (χ2n) is 4.49. The van der Waals surface area contributed by atoms with Gasteiger partial charge in [0.05, 0.1) is 19.8 Å². The number of nitrogens with two attached hydrogens (primary N) is 1. The lowest BCUT2D eigenvalue weighted by atomic mass is 10.1. The summed E-state index contributed by atoms with van der Waals surface area (Å²) in [5, 5.41) is 0. The molecule has 4 heteroatoms. The number of methoxy groups -OCH3 is 1. The van der Waals surface area contributed by atoms with Gasteiger partial charge in [-0.1, -0.05) is 45.4 Å². The van der Waals surface area contributed by atoms with Crippen molar-refractivity contribution in [2.45, 2.75) is 57.9 Å². The molecule has 3 N–H and O–H groups in total. The summed E-state index contributed by atoms with van der Waals surface area (Å²) in [6, 6.07) is 0.276. The molecule has 0 aliphatic heterocycles. The Morgan fingerprint density at radius 1 is 1.06 bits per heavy atom. The number of hydrogen-bond donors (Lipinski definition) is 2. The maximum absolute atomic E-state index is 5.49. The quantitative estimate of drug-likeness (QED) is 0.297. The first-order valence-electron chi connectivity index (χ1n) is 6.88. The molecule has 0 saturated heterocycles. The molecule has 0 radical (unpaired) electrons.